The Morgan fingerprint density at radius 2 is 1.78 bits per heavy atom. The molecular formula is C7H19NSn. The fraction of sp³-hybridized carbons (Fsp3) is 1.00. The van der Waals surface area contributed by atoms with E-state index in [1.54, 1.807) is 4.44 Å². The maximum atomic E-state index is 2.48. The fourth-order valence-corrected chi connectivity index (χ4v) is 3.67. The summed E-state index contributed by atoms with van der Waals surface area (Å²) in [7, 11) is 4.30. The monoisotopic (exact) mass is 237 g/mol. The summed E-state index contributed by atoms with van der Waals surface area (Å²) in [5, 5.41) is 0. The Labute approximate surface area is 66.2 Å². The van der Waals surface area contributed by atoms with Gasteiger partial charge in [-0.15, -0.1) is 0 Å². The van der Waals surface area contributed by atoms with Crippen molar-refractivity contribution < 1.29 is 0 Å². The van der Waals surface area contributed by atoms with E-state index < -0.39 is 19.8 Å². The Kier molecular flexibility index (Phi) is 6.00. The van der Waals surface area contributed by atoms with E-state index in [9.17, 15) is 0 Å². The van der Waals surface area contributed by atoms with Crippen molar-refractivity contribution >= 4 is 19.8 Å². The van der Waals surface area contributed by atoms with E-state index in [-0.39, 0.29) is 0 Å². The SMILES string of the molecule is CN(C)CC[CH2][SnH]([CH3])[CH3]. The molecule has 0 fully saturated rings. The molecule has 0 saturated carbocycles. The second-order valence-electron chi connectivity index (χ2n) is 3.34. The average molecular weight is 236 g/mol. The zero-order valence-corrected chi connectivity index (χ0v) is 10.4. The number of hydrogen-bond acceptors (Lipinski definition) is 1. The van der Waals surface area contributed by atoms with Gasteiger partial charge in [-0.25, -0.2) is 0 Å². The molecule has 1 nitrogen and oxygen atoms in total. The van der Waals surface area contributed by atoms with Crippen LogP contribution in [0.4, 0.5) is 0 Å². The van der Waals surface area contributed by atoms with Gasteiger partial charge in [0.2, 0.25) is 0 Å². The van der Waals surface area contributed by atoms with Crippen molar-refractivity contribution in [2.75, 3.05) is 20.6 Å². The van der Waals surface area contributed by atoms with Gasteiger partial charge in [0, 0.05) is 0 Å². The van der Waals surface area contributed by atoms with Crippen molar-refractivity contribution in [2.45, 2.75) is 20.7 Å². The van der Waals surface area contributed by atoms with Gasteiger partial charge in [0.15, 0.2) is 0 Å². The molecule has 0 spiro atoms. The van der Waals surface area contributed by atoms with E-state index in [1.165, 1.54) is 13.0 Å². The average Bonchev–Trinajstić information content (AvgIpc) is 1.63. The first-order valence-corrected chi connectivity index (χ1v) is 12.7. The third-order valence-corrected chi connectivity index (χ3v) is 5.85. The minimum absolute atomic E-state index is 0.830. The quantitative estimate of drug-likeness (QED) is 0.667. The maximum absolute atomic E-state index is 2.48. The molecule has 0 unspecified atom stereocenters. The van der Waals surface area contributed by atoms with Gasteiger partial charge in [0.05, 0.1) is 0 Å². The van der Waals surface area contributed by atoms with E-state index in [1.807, 2.05) is 0 Å². The standard InChI is InChI=1S/C5H12N.2CH3.Sn.H/c1-4-5-6(2)3;;;;/h1,4-5H2,2-3H3;2*1H3;;. The summed E-state index contributed by atoms with van der Waals surface area (Å²) < 4.78 is 1.57. The van der Waals surface area contributed by atoms with Crippen molar-refractivity contribution in [1.29, 1.82) is 0 Å². The van der Waals surface area contributed by atoms with Gasteiger partial charge in [-0.1, -0.05) is 0 Å². The third-order valence-electron chi connectivity index (χ3n) is 1.39. The van der Waals surface area contributed by atoms with Crippen LogP contribution in [0.5, 0.6) is 0 Å². The van der Waals surface area contributed by atoms with E-state index >= 15 is 0 Å². The molecule has 0 rings (SSSR count). The van der Waals surface area contributed by atoms with Crippen LogP contribution in [0.2, 0.25) is 14.3 Å². The minimum atomic E-state index is -0.830. The Morgan fingerprint density at radius 1 is 1.22 bits per heavy atom. The number of rotatable bonds is 4. The molecule has 0 aromatic carbocycles. The van der Waals surface area contributed by atoms with Crippen molar-refractivity contribution in [2.24, 2.45) is 0 Å². The molecule has 0 aliphatic rings. The van der Waals surface area contributed by atoms with E-state index in [0.29, 0.717) is 0 Å². The van der Waals surface area contributed by atoms with Crippen LogP contribution in [0.3, 0.4) is 0 Å². The Morgan fingerprint density at radius 3 is 2.11 bits per heavy atom. The zero-order chi connectivity index (χ0) is 7.28. The van der Waals surface area contributed by atoms with Gasteiger partial charge >= 0.3 is 66.0 Å². The second-order valence-corrected chi connectivity index (χ2v) is 12.9. The summed E-state index contributed by atoms with van der Waals surface area (Å²) in [6, 6.07) is 0. The van der Waals surface area contributed by atoms with Crippen molar-refractivity contribution in [1.82, 2.24) is 4.90 Å². The molecule has 0 aromatic rings. The Balaban J connectivity index is 2.91. The van der Waals surface area contributed by atoms with Crippen molar-refractivity contribution in [3.8, 4) is 0 Å². The molecule has 0 aromatic heterocycles. The van der Waals surface area contributed by atoms with Crippen LogP contribution >= 0.6 is 0 Å². The van der Waals surface area contributed by atoms with Crippen LogP contribution in [0, 0.1) is 0 Å². The fourth-order valence-electron chi connectivity index (χ4n) is 0.816. The molecule has 2 heteroatoms. The second kappa shape index (κ2) is 5.54. The summed E-state index contributed by atoms with van der Waals surface area (Å²) in [4.78, 5) is 7.24. The third kappa shape index (κ3) is 8.76. The predicted molar refractivity (Wildman–Crippen MR) is 46.9 cm³/mol. The van der Waals surface area contributed by atoms with Crippen LogP contribution < -0.4 is 0 Å². The molecule has 0 saturated heterocycles. The van der Waals surface area contributed by atoms with E-state index in [4.69, 9.17) is 0 Å². The van der Waals surface area contributed by atoms with Gasteiger partial charge < -0.3 is 0 Å². The summed E-state index contributed by atoms with van der Waals surface area (Å²) >= 11 is -0.830. The first-order chi connectivity index (χ1) is 4.13. The Hall–Kier alpha value is 0.759. The van der Waals surface area contributed by atoms with Crippen molar-refractivity contribution in [3.63, 3.8) is 0 Å². The van der Waals surface area contributed by atoms with Crippen LogP contribution in [-0.4, -0.2) is 45.3 Å². The molecule has 0 heterocycles. The Bertz CT molecular complexity index is 53.9. The summed E-state index contributed by atoms with van der Waals surface area (Å²) in [5.74, 6) is 0. The van der Waals surface area contributed by atoms with Crippen LogP contribution in [0.1, 0.15) is 6.42 Å². The van der Waals surface area contributed by atoms with Crippen LogP contribution in [-0.2, 0) is 0 Å². The molecule has 0 atom stereocenters. The molecule has 0 radical (unpaired) electrons. The molecule has 9 heavy (non-hydrogen) atoms. The summed E-state index contributed by atoms with van der Waals surface area (Å²) in [6.45, 7) is 1.29. The molecule has 0 amide bonds. The van der Waals surface area contributed by atoms with Crippen LogP contribution in [0.15, 0.2) is 0 Å². The van der Waals surface area contributed by atoms with Gasteiger partial charge in [-0.2, -0.15) is 0 Å². The molecule has 0 aliphatic heterocycles. The van der Waals surface area contributed by atoms with Crippen molar-refractivity contribution in [3.05, 3.63) is 0 Å². The summed E-state index contributed by atoms with van der Waals surface area (Å²) in [5.41, 5.74) is 0. The van der Waals surface area contributed by atoms with Gasteiger partial charge in [-0.05, 0) is 0 Å². The molecule has 56 valence electrons. The molecule has 0 N–H and O–H groups in total. The van der Waals surface area contributed by atoms with Gasteiger partial charge in [0.1, 0.15) is 0 Å². The number of nitrogens with zero attached hydrogens (tertiary/aromatic N) is 1. The van der Waals surface area contributed by atoms with Gasteiger partial charge in [0.25, 0.3) is 0 Å². The van der Waals surface area contributed by atoms with E-state index in [2.05, 4.69) is 28.9 Å². The zero-order valence-electron chi connectivity index (χ0n) is 7.15. The normalized spacial score (nSPS) is 11.3. The molecule has 0 bridgehead atoms. The first kappa shape index (κ1) is 9.76. The topological polar surface area (TPSA) is 3.24 Å². The number of hydrogen-bond donors (Lipinski definition) is 0. The molecule has 0 aliphatic carbocycles. The summed E-state index contributed by atoms with van der Waals surface area (Å²) in [6.07, 6.45) is 1.43. The van der Waals surface area contributed by atoms with E-state index in [0.717, 1.165) is 0 Å². The van der Waals surface area contributed by atoms with Gasteiger partial charge in [-0.3, -0.25) is 0 Å². The predicted octanol–water partition coefficient (Wildman–Crippen LogP) is 1.42. The first-order valence-electron chi connectivity index (χ1n) is 3.77. The van der Waals surface area contributed by atoms with Crippen LogP contribution in [0.25, 0.3) is 0 Å². The molecular weight excluding hydrogens is 217 g/mol.